The van der Waals surface area contributed by atoms with Gasteiger partial charge in [-0.15, -0.1) is 8.78 Å². The Kier molecular flexibility index (Phi) is 3.84. The van der Waals surface area contributed by atoms with Crippen molar-refractivity contribution >= 4 is 0 Å². The standard InChI is InChI=1S/C3H3F6N3O3/c1-15-3(10(6)7,11(8)9)2(4,5)12(13)14/h1H3. The van der Waals surface area contributed by atoms with Crippen LogP contribution in [-0.4, -0.2) is 34.6 Å². The van der Waals surface area contributed by atoms with E-state index in [1.807, 2.05) is 0 Å². The molecule has 0 aromatic rings. The van der Waals surface area contributed by atoms with E-state index < -0.39 is 27.5 Å². The SMILES string of the molecule is COC(N(F)F)(N(F)F)C(F)(F)[N+](=O)[O-]. The van der Waals surface area contributed by atoms with Crippen LogP contribution < -0.4 is 0 Å². The van der Waals surface area contributed by atoms with E-state index in [0.717, 1.165) is 0 Å². The van der Waals surface area contributed by atoms with E-state index in [4.69, 9.17) is 0 Å². The minimum Gasteiger partial charge on any atom is -0.332 e. The van der Waals surface area contributed by atoms with Crippen LogP contribution >= 0.6 is 0 Å². The fourth-order valence-electron chi connectivity index (χ4n) is 0.640. The van der Waals surface area contributed by atoms with Crippen LogP contribution in [0.3, 0.4) is 0 Å². The summed E-state index contributed by atoms with van der Waals surface area (Å²) in [5, 5.41) is 4.10. The van der Waals surface area contributed by atoms with Crippen molar-refractivity contribution < 1.29 is 36.4 Å². The van der Waals surface area contributed by atoms with E-state index in [-0.39, 0.29) is 7.11 Å². The molecule has 0 bridgehead atoms. The second-order valence-electron chi connectivity index (χ2n) is 2.08. The predicted octanol–water partition coefficient (Wildman–Crippen LogP) is 1.30. The van der Waals surface area contributed by atoms with Crippen LogP contribution in [0.5, 0.6) is 0 Å². The van der Waals surface area contributed by atoms with Gasteiger partial charge in [-0.2, -0.15) is 0 Å². The van der Waals surface area contributed by atoms with Crippen molar-refractivity contribution in [1.29, 1.82) is 0 Å². The lowest BCUT2D eigenvalue weighted by Crippen LogP contribution is -2.66. The Morgan fingerprint density at radius 3 is 1.60 bits per heavy atom. The third-order valence-electron chi connectivity index (χ3n) is 1.36. The van der Waals surface area contributed by atoms with Gasteiger partial charge in [0.15, 0.2) is 0 Å². The molecule has 12 heteroatoms. The van der Waals surface area contributed by atoms with Crippen LogP contribution in [0.2, 0.25) is 0 Å². The van der Waals surface area contributed by atoms with Crippen LogP contribution in [0.25, 0.3) is 0 Å². The van der Waals surface area contributed by atoms with Gasteiger partial charge in [-0.05, 0) is 0 Å². The number of halogens is 6. The van der Waals surface area contributed by atoms with Gasteiger partial charge in [-0.1, -0.05) is 17.9 Å². The summed E-state index contributed by atoms with van der Waals surface area (Å²) in [5.74, 6) is -5.07. The van der Waals surface area contributed by atoms with Gasteiger partial charge in [0.25, 0.3) is 0 Å². The van der Waals surface area contributed by atoms with Gasteiger partial charge < -0.3 is 4.74 Å². The number of hydrogen-bond acceptors (Lipinski definition) is 5. The van der Waals surface area contributed by atoms with Crippen molar-refractivity contribution in [2.45, 2.75) is 11.9 Å². The average molecular weight is 243 g/mol. The number of ether oxygens (including phenoxy) is 1. The molecule has 0 radical (unpaired) electrons. The maximum absolute atomic E-state index is 12.5. The maximum Gasteiger partial charge on any atom is 0.580 e. The lowest BCUT2D eigenvalue weighted by molar-refractivity contribution is -0.714. The molecule has 0 aliphatic carbocycles. The van der Waals surface area contributed by atoms with Crippen LogP contribution in [-0.2, 0) is 4.74 Å². The van der Waals surface area contributed by atoms with E-state index in [1.165, 1.54) is 0 Å². The molecule has 0 spiro atoms. The molecule has 0 aromatic carbocycles. The van der Waals surface area contributed by atoms with Crippen LogP contribution in [0.4, 0.5) is 26.7 Å². The summed E-state index contributed by atoms with van der Waals surface area (Å²) in [4.78, 5) is 7.07. The first-order valence-electron chi connectivity index (χ1n) is 2.95. The lowest BCUT2D eigenvalue weighted by Gasteiger charge is -2.30. The lowest BCUT2D eigenvalue weighted by atomic mass is 10.4. The molecular weight excluding hydrogens is 240 g/mol. The van der Waals surface area contributed by atoms with Crippen LogP contribution in [0, 0.1) is 10.1 Å². The fraction of sp³-hybridized carbons (Fsp3) is 1.00. The zero-order valence-electron chi connectivity index (χ0n) is 6.83. The van der Waals surface area contributed by atoms with Gasteiger partial charge in [0.05, 0.1) is 10.7 Å². The first-order valence-corrected chi connectivity index (χ1v) is 2.95. The Labute approximate surface area is 77.5 Å². The highest BCUT2D eigenvalue weighted by Crippen LogP contribution is 2.39. The van der Waals surface area contributed by atoms with Crippen LogP contribution in [0.1, 0.15) is 0 Å². The van der Waals surface area contributed by atoms with Crippen molar-refractivity contribution in [2.24, 2.45) is 0 Å². The third kappa shape index (κ3) is 1.82. The first-order chi connectivity index (χ1) is 6.64. The van der Waals surface area contributed by atoms with Crippen molar-refractivity contribution in [3.05, 3.63) is 10.1 Å². The van der Waals surface area contributed by atoms with E-state index in [2.05, 4.69) is 4.74 Å². The second kappa shape index (κ2) is 4.16. The molecule has 0 saturated heterocycles. The van der Waals surface area contributed by atoms with Crippen molar-refractivity contribution in [1.82, 2.24) is 10.7 Å². The first kappa shape index (κ1) is 13.9. The van der Waals surface area contributed by atoms with Crippen molar-refractivity contribution in [3.63, 3.8) is 0 Å². The number of methoxy groups -OCH3 is 1. The number of hydrogen-bond donors (Lipinski definition) is 0. The molecule has 15 heavy (non-hydrogen) atoms. The molecule has 0 amide bonds. The molecule has 0 rings (SSSR count). The molecule has 0 N–H and O–H groups in total. The zero-order valence-corrected chi connectivity index (χ0v) is 6.83. The Bertz CT molecular complexity index is 239. The molecule has 0 heterocycles. The summed E-state index contributed by atoms with van der Waals surface area (Å²) in [7, 11) is 0.0374. The van der Waals surface area contributed by atoms with Crippen LogP contribution in [0.15, 0.2) is 0 Å². The topological polar surface area (TPSA) is 58.8 Å². The number of alkyl halides is 2. The molecule has 0 saturated carbocycles. The summed E-state index contributed by atoms with van der Waals surface area (Å²) < 4.78 is 75.6. The molecule has 90 valence electrons. The molecule has 0 atom stereocenters. The molecular formula is C3H3F6N3O3. The minimum atomic E-state index is -5.74. The predicted molar refractivity (Wildman–Crippen MR) is 29.8 cm³/mol. The van der Waals surface area contributed by atoms with E-state index in [1.54, 1.807) is 0 Å². The van der Waals surface area contributed by atoms with Gasteiger partial charge in [-0.3, -0.25) is 10.1 Å². The molecule has 0 aliphatic heterocycles. The maximum atomic E-state index is 12.5. The van der Waals surface area contributed by atoms with Gasteiger partial charge >= 0.3 is 11.9 Å². The van der Waals surface area contributed by atoms with Crippen molar-refractivity contribution in [3.8, 4) is 0 Å². The highest BCUT2D eigenvalue weighted by atomic mass is 19.4. The Hall–Kier alpha value is -1.14. The van der Waals surface area contributed by atoms with Gasteiger partial charge in [0.1, 0.15) is 4.92 Å². The van der Waals surface area contributed by atoms with E-state index in [9.17, 15) is 36.8 Å². The zero-order chi connectivity index (χ0) is 12.4. The Balaban J connectivity index is 5.54. The smallest absolute Gasteiger partial charge is 0.332 e. The van der Waals surface area contributed by atoms with Gasteiger partial charge in [0.2, 0.25) is 0 Å². The molecule has 0 aliphatic rings. The second-order valence-corrected chi connectivity index (χ2v) is 2.08. The monoisotopic (exact) mass is 243 g/mol. The Morgan fingerprint density at radius 2 is 1.53 bits per heavy atom. The summed E-state index contributed by atoms with van der Waals surface area (Å²) >= 11 is 0. The molecule has 0 fully saturated rings. The minimum absolute atomic E-state index is 0.0374. The normalized spacial score (nSPS) is 13.7. The number of nitro groups is 1. The van der Waals surface area contributed by atoms with Gasteiger partial charge in [-0.25, -0.2) is 0 Å². The average Bonchev–Trinajstić information content (AvgIpc) is 2.03. The largest absolute Gasteiger partial charge is 0.580 e. The third-order valence-corrected chi connectivity index (χ3v) is 1.36. The van der Waals surface area contributed by atoms with E-state index >= 15 is 0 Å². The van der Waals surface area contributed by atoms with Crippen molar-refractivity contribution in [2.75, 3.05) is 7.11 Å². The Morgan fingerprint density at radius 1 is 1.20 bits per heavy atom. The molecule has 6 nitrogen and oxygen atoms in total. The highest BCUT2D eigenvalue weighted by molar-refractivity contribution is 4.75. The highest BCUT2D eigenvalue weighted by Gasteiger charge is 2.78. The summed E-state index contributed by atoms with van der Waals surface area (Å²) in [6.45, 7) is 0. The summed E-state index contributed by atoms with van der Waals surface area (Å²) in [6.07, 6.45) is 0. The number of nitrogens with zero attached hydrogens (tertiary/aromatic N) is 3. The number of rotatable bonds is 5. The molecule has 0 aromatic heterocycles. The fourth-order valence-corrected chi connectivity index (χ4v) is 0.640. The summed E-state index contributed by atoms with van der Waals surface area (Å²) in [5.41, 5.74) is 0. The summed E-state index contributed by atoms with van der Waals surface area (Å²) in [6, 6.07) is -5.74. The van der Waals surface area contributed by atoms with Gasteiger partial charge in [0, 0.05) is 7.11 Å². The van der Waals surface area contributed by atoms with E-state index in [0.29, 0.717) is 0 Å². The molecule has 0 unspecified atom stereocenters. The quantitative estimate of drug-likeness (QED) is 0.182.